The number of carbonyl (C=O) groups is 1. The monoisotopic (exact) mass is 233 g/mol. The van der Waals surface area contributed by atoms with Crippen molar-refractivity contribution in [1.29, 1.82) is 0 Å². The van der Waals surface area contributed by atoms with Gasteiger partial charge >= 0.3 is 5.97 Å². The van der Waals surface area contributed by atoms with Crippen molar-refractivity contribution in [3.63, 3.8) is 0 Å². The molecule has 0 unspecified atom stereocenters. The highest BCUT2D eigenvalue weighted by Crippen LogP contribution is 2.33. The van der Waals surface area contributed by atoms with Gasteiger partial charge in [0.1, 0.15) is 5.75 Å². The summed E-state index contributed by atoms with van der Waals surface area (Å²) in [5.74, 6) is -0.848. The number of nitrogens with zero attached hydrogens (tertiary/aromatic N) is 1. The first-order valence-corrected chi connectivity index (χ1v) is 4.99. The molecule has 1 aromatic carbocycles. The van der Waals surface area contributed by atoms with Crippen LogP contribution >= 0.6 is 0 Å². The number of hydrogen-bond donors (Lipinski definition) is 2. The average molecular weight is 233 g/mol. The quantitative estimate of drug-likeness (QED) is 0.831. The van der Waals surface area contributed by atoms with Gasteiger partial charge in [-0.2, -0.15) is 0 Å². The van der Waals surface area contributed by atoms with Gasteiger partial charge in [-0.15, -0.1) is 0 Å². The Balaban J connectivity index is 2.56. The van der Waals surface area contributed by atoms with E-state index in [4.69, 9.17) is 9.63 Å². The second-order valence-corrected chi connectivity index (χ2v) is 3.86. The zero-order valence-electron chi connectivity index (χ0n) is 9.39. The van der Waals surface area contributed by atoms with Crippen LogP contribution in [0.4, 0.5) is 0 Å². The summed E-state index contributed by atoms with van der Waals surface area (Å²) in [6, 6.07) is 4.83. The normalized spacial score (nSPS) is 10.5. The molecule has 17 heavy (non-hydrogen) atoms. The molecular formula is C12H11NO4. The number of benzene rings is 1. The van der Waals surface area contributed by atoms with Gasteiger partial charge in [0.2, 0.25) is 0 Å². The molecule has 0 atom stereocenters. The molecule has 0 amide bonds. The Morgan fingerprint density at radius 1 is 1.29 bits per heavy atom. The minimum atomic E-state index is -1.16. The Kier molecular flexibility index (Phi) is 2.59. The molecule has 2 N–H and O–H groups in total. The van der Waals surface area contributed by atoms with Gasteiger partial charge in [-0.05, 0) is 31.0 Å². The number of carboxylic acid groups (broad SMARTS) is 1. The Hall–Kier alpha value is -2.30. The predicted molar refractivity (Wildman–Crippen MR) is 60.0 cm³/mol. The Labute approximate surface area is 97.3 Å². The van der Waals surface area contributed by atoms with E-state index in [1.54, 1.807) is 13.0 Å². The van der Waals surface area contributed by atoms with Crippen LogP contribution in [-0.4, -0.2) is 21.3 Å². The molecule has 0 fully saturated rings. The van der Waals surface area contributed by atoms with Gasteiger partial charge in [-0.3, -0.25) is 0 Å². The van der Waals surface area contributed by atoms with Crippen LogP contribution in [-0.2, 0) is 0 Å². The van der Waals surface area contributed by atoms with E-state index in [1.165, 1.54) is 6.07 Å². The van der Waals surface area contributed by atoms with E-state index in [-0.39, 0.29) is 17.2 Å². The molecule has 5 heteroatoms. The smallest absolute Gasteiger partial charge is 0.358 e. The summed E-state index contributed by atoms with van der Waals surface area (Å²) < 4.78 is 4.91. The van der Waals surface area contributed by atoms with E-state index in [9.17, 15) is 9.90 Å². The molecule has 0 saturated carbocycles. The van der Waals surface area contributed by atoms with Crippen molar-refractivity contribution in [2.45, 2.75) is 13.8 Å². The summed E-state index contributed by atoms with van der Waals surface area (Å²) in [7, 11) is 0. The Morgan fingerprint density at radius 2 is 2.00 bits per heavy atom. The van der Waals surface area contributed by atoms with E-state index in [0.29, 0.717) is 11.1 Å². The van der Waals surface area contributed by atoms with Crippen LogP contribution < -0.4 is 0 Å². The first-order valence-electron chi connectivity index (χ1n) is 4.99. The van der Waals surface area contributed by atoms with Crippen LogP contribution in [0, 0.1) is 13.8 Å². The molecule has 1 aromatic heterocycles. The fourth-order valence-electron chi connectivity index (χ4n) is 1.65. The van der Waals surface area contributed by atoms with Crippen LogP contribution in [0.15, 0.2) is 22.7 Å². The number of phenolic OH excluding ortho intramolecular Hbond substituents is 1. The van der Waals surface area contributed by atoms with Crippen LogP contribution in [0.25, 0.3) is 11.3 Å². The van der Waals surface area contributed by atoms with Crippen LogP contribution in [0.5, 0.6) is 5.75 Å². The standard InChI is InChI=1S/C12H11NO4/c1-6-3-7(2)11(14)8(4-6)10-5-9(12(15)16)13-17-10/h3-5,14H,1-2H3,(H,15,16). The molecule has 5 nitrogen and oxygen atoms in total. The second kappa shape index (κ2) is 3.93. The molecule has 88 valence electrons. The molecule has 0 bridgehead atoms. The zero-order valence-corrected chi connectivity index (χ0v) is 9.39. The highest BCUT2D eigenvalue weighted by Gasteiger charge is 2.16. The van der Waals surface area contributed by atoms with Gasteiger partial charge in [0.05, 0.1) is 5.56 Å². The van der Waals surface area contributed by atoms with Crippen molar-refractivity contribution in [3.05, 3.63) is 35.0 Å². The molecule has 0 aliphatic heterocycles. The van der Waals surface area contributed by atoms with E-state index in [0.717, 1.165) is 5.56 Å². The number of carboxylic acids is 1. The maximum Gasteiger partial charge on any atom is 0.358 e. The van der Waals surface area contributed by atoms with Crippen LogP contribution in [0.1, 0.15) is 21.6 Å². The first kappa shape index (κ1) is 11.2. The van der Waals surface area contributed by atoms with Crippen molar-refractivity contribution in [2.75, 3.05) is 0 Å². The Bertz CT molecular complexity index is 586. The summed E-state index contributed by atoms with van der Waals surface area (Å²) in [6.45, 7) is 3.64. The molecule has 0 spiro atoms. The zero-order chi connectivity index (χ0) is 12.6. The van der Waals surface area contributed by atoms with Gasteiger partial charge in [0.15, 0.2) is 11.5 Å². The van der Waals surface area contributed by atoms with Gasteiger partial charge in [0, 0.05) is 6.07 Å². The van der Waals surface area contributed by atoms with Gasteiger partial charge < -0.3 is 14.7 Å². The maximum atomic E-state index is 10.7. The number of hydrogen-bond acceptors (Lipinski definition) is 4. The first-order chi connectivity index (χ1) is 7.99. The summed E-state index contributed by atoms with van der Waals surface area (Å²) in [5, 5.41) is 22.0. The highest BCUT2D eigenvalue weighted by atomic mass is 16.5. The lowest BCUT2D eigenvalue weighted by Gasteiger charge is -2.05. The van der Waals surface area contributed by atoms with Gasteiger partial charge in [-0.25, -0.2) is 4.79 Å². The third-order valence-electron chi connectivity index (χ3n) is 2.44. The summed E-state index contributed by atoms with van der Waals surface area (Å²) in [6.07, 6.45) is 0. The topological polar surface area (TPSA) is 83.6 Å². The number of aryl methyl sites for hydroxylation is 2. The van der Waals surface area contributed by atoms with Gasteiger partial charge in [0.25, 0.3) is 0 Å². The molecular weight excluding hydrogens is 222 g/mol. The molecule has 0 radical (unpaired) electrons. The third kappa shape index (κ3) is 1.99. The van der Waals surface area contributed by atoms with Crippen molar-refractivity contribution in [3.8, 4) is 17.1 Å². The molecule has 0 aliphatic carbocycles. The lowest BCUT2D eigenvalue weighted by Crippen LogP contribution is -1.94. The molecule has 0 aliphatic rings. The van der Waals surface area contributed by atoms with E-state index >= 15 is 0 Å². The summed E-state index contributed by atoms with van der Waals surface area (Å²) in [5.41, 5.74) is 1.91. The molecule has 2 aromatic rings. The lowest BCUT2D eigenvalue weighted by atomic mass is 10.0. The number of aromatic carboxylic acids is 1. The second-order valence-electron chi connectivity index (χ2n) is 3.86. The van der Waals surface area contributed by atoms with Gasteiger partial charge in [-0.1, -0.05) is 11.2 Å². The predicted octanol–water partition coefficient (Wildman–Crippen LogP) is 2.36. The third-order valence-corrected chi connectivity index (χ3v) is 2.44. The van der Waals surface area contributed by atoms with Crippen molar-refractivity contribution in [1.82, 2.24) is 5.16 Å². The maximum absolute atomic E-state index is 10.7. The fourth-order valence-corrected chi connectivity index (χ4v) is 1.65. The van der Waals surface area contributed by atoms with Crippen LogP contribution in [0.2, 0.25) is 0 Å². The lowest BCUT2D eigenvalue weighted by molar-refractivity contribution is 0.0686. The van der Waals surface area contributed by atoms with E-state index in [2.05, 4.69) is 5.16 Å². The van der Waals surface area contributed by atoms with E-state index < -0.39 is 5.97 Å². The van der Waals surface area contributed by atoms with Crippen LogP contribution in [0.3, 0.4) is 0 Å². The number of phenols is 1. The highest BCUT2D eigenvalue weighted by molar-refractivity contribution is 5.86. The summed E-state index contributed by atoms with van der Waals surface area (Å²) in [4.78, 5) is 10.7. The molecule has 1 heterocycles. The van der Waals surface area contributed by atoms with Crippen molar-refractivity contribution in [2.24, 2.45) is 0 Å². The van der Waals surface area contributed by atoms with E-state index in [1.807, 2.05) is 13.0 Å². The molecule has 0 saturated heterocycles. The Morgan fingerprint density at radius 3 is 2.59 bits per heavy atom. The minimum Gasteiger partial charge on any atom is -0.507 e. The van der Waals surface area contributed by atoms with Crippen molar-refractivity contribution >= 4 is 5.97 Å². The number of rotatable bonds is 2. The fraction of sp³-hybridized carbons (Fsp3) is 0.167. The average Bonchev–Trinajstić information content (AvgIpc) is 2.72. The minimum absolute atomic E-state index is 0.0729. The number of aromatic hydroxyl groups is 1. The van der Waals surface area contributed by atoms with Crippen molar-refractivity contribution < 1.29 is 19.5 Å². The molecule has 2 rings (SSSR count). The number of aromatic nitrogens is 1. The largest absolute Gasteiger partial charge is 0.507 e. The SMILES string of the molecule is Cc1cc(C)c(O)c(-c2cc(C(=O)O)no2)c1. The summed E-state index contributed by atoms with van der Waals surface area (Å²) >= 11 is 0.